The summed E-state index contributed by atoms with van der Waals surface area (Å²) in [5, 5.41) is 13.6. The number of aliphatic hydroxyl groups excluding tert-OH is 1. The summed E-state index contributed by atoms with van der Waals surface area (Å²) in [6, 6.07) is 6.52. The zero-order chi connectivity index (χ0) is 14.3. The predicted octanol–water partition coefficient (Wildman–Crippen LogP) is 2.36. The monoisotopic (exact) mass is 273 g/mol. The van der Waals surface area contributed by atoms with Crippen LogP contribution in [-0.2, 0) is 0 Å². The molecule has 1 aromatic carbocycles. The van der Waals surface area contributed by atoms with Crippen LogP contribution in [0, 0.1) is 6.92 Å². The molecular formula is C16H23N3O. The van der Waals surface area contributed by atoms with Crippen LogP contribution in [0.1, 0.15) is 43.6 Å². The van der Waals surface area contributed by atoms with Crippen LogP contribution in [0.15, 0.2) is 18.2 Å². The first-order valence-electron chi connectivity index (χ1n) is 7.45. The zero-order valence-corrected chi connectivity index (χ0v) is 12.4. The molecule has 108 valence electrons. The first-order valence-corrected chi connectivity index (χ1v) is 7.45. The number of aromatic nitrogens is 2. The van der Waals surface area contributed by atoms with Gasteiger partial charge in [-0.05, 0) is 37.6 Å². The highest BCUT2D eigenvalue weighted by atomic mass is 16.3. The Balaban J connectivity index is 2.18. The highest BCUT2D eigenvalue weighted by Gasteiger charge is 2.28. The molecule has 2 heterocycles. The zero-order valence-electron chi connectivity index (χ0n) is 12.4. The molecule has 0 saturated carbocycles. The summed E-state index contributed by atoms with van der Waals surface area (Å²) in [6.07, 6.45) is 0.597. The minimum Gasteiger partial charge on any atom is -0.390 e. The standard InChI is InChI=1S/C16H23N3O/c1-10(2)16-18-12-8-11(3)4-5-13(12)19(16)14-6-7-17-9-15(14)20/h4-5,8,10,14-15,17,20H,6-7,9H2,1-3H3/t14?,15-/m0/s1. The minimum atomic E-state index is -0.347. The molecule has 1 aliphatic rings. The van der Waals surface area contributed by atoms with Gasteiger partial charge < -0.3 is 15.0 Å². The third kappa shape index (κ3) is 2.23. The van der Waals surface area contributed by atoms with Crippen LogP contribution >= 0.6 is 0 Å². The number of hydrogen-bond donors (Lipinski definition) is 2. The lowest BCUT2D eigenvalue weighted by Gasteiger charge is -2.31. The van der Waals surface area contributed by atoms with Crippen molar-refractivity contribution in [1.29, 1.82) is 0 Å². The molecule has 4 heteroatoms. The number of rotatable bonds is 2. The van der Waals surface area contributed by atoms with Crippen molar-refractivity contribution >= 4 is 11.0 Å². The Bertz CT molecular complexity index is 617. The van der Waals surface area contributed by atoms with Crippen molar-refractivity contribution in [2.45, 2.75) is 45.3 Å². The second kappa shape index (κ2) is 5.19. The van der Waals surface area contributed by atoms with Gasteiger partial charge in [0.25, 0.3) is 0 Å². The molecule has 3 rings (SSSR count). The van der Waals surface area contributed by atoms with Crippen LogP contribution in [0.2, 0.25) is 0 Å². The molecule has 0 aliphatic carbocycles. The molecule has 2 N–H and O–H groups in total. The minimum absolute atomic E-state index is 0.126. The van der Waals surface area contributed by atoms with Crippen molar-refractivity contribution in [2.24, 2.45) is 0 Å². The van der Waals surface area contributed by atoms with E-state index in [1.165, 1.54) is 5.56 Å². The fraction of sp³-hybridized carbons (Fsp3) is 0.562. The van der Waals surface area contributed by atoms with Crippen molar-refractivity contribution in [1.82, 2.24) is 14.9 Å². The van der Waals surface area contributed by atoms with Crippen LogP contribution in [0.3, 0.4) is 0 Å². The average Bonchev–Trinajstić information content (AvgIpc) is 2.78. The lowest BCUT2D eigenvalue weighted by molar-refractivity contribution is 0.0873. The molecule has 1 fully saturated rings. The quantitative estimate of drug-likeness (QED) is 0.883. The third-order valence-corrected chi connectivity index (χ3v) is 4.13. The Morgan fingerprint density at radius 1 is 1.40 bits per heavy atom. The maximum atomic E-state index is 10.3. The number of benzene rings is 1. The maximum Gasteiger partial charge on any atom is 0.112 e. The average molecular weight is 273 g/mol. The molecule has 2 atom stereocenters. The predicted molar refractivity (Wildman–Crippen MR) is 81.1 cm³/mol. The second-order valence-corrected chi connectivity index (χ2v) is 6.11. The smallest absolute Gasteiger partial charge is 0.112 e. The van der Waals surface area contributed by atoms with Gasteiger partial charge in [-0.3, -0.25) is 0 Å². The summed E-state index contributed by atoms with van der Waals surface area (Å²) in [5.74, 6) is 1.43. The lowest BCUT2D eigenvalue weighted by Crippen LogP contribution is -2.42. The Kier molecular flexibility index (Phi) is 3.52. The number of nitrogens with zero attached hydrogens (tertiary/aromatic N) is 2. The van der Waals surface area contributed by atoms with Gasteiger partial charge in [0.15, 0.2) is 0 Å². The first-order chi connectivity index (χ1) is 9.58. The largest absolute Gasteiger partial charge is 0.390 e. The first kappa shape index (κ1) is 13.6. The van der Waals surface area contributed by atoms with Crippen molar-refractivity contribution < 1.29 is 5.11 Å². The summed E-state index contributed by atoms with van der Waals surface area (Å²) in [7, 11) is 0. The lowest BCUT2D eigenvalue weighted by atomic mass is 10.0. The van der Waals surface area contributed by atoms with Gasteiger partial charge in [0.05, 0.1) is 23.2 Å². The number of aryl methyl sites for hydroxylation is 1. The van der Waals surface area contributed by atoms with Crippen molar-refractivity contribution in [3.05, 3.63) is 29.6 Å². The molecule has 0 amide bonds. The Hall–Kier alpha value is -1.39. The van der Waals surface area contributed by atoms with Crippen LogP contribution in [-0.4, -0.2) is 33.9 Å². The molecule has 20 heavy (non-hydrogen) atoms. The fourth-order valence-corrected chi connectivity index (χ4v) is 3.11. The van der Waals surface area contributed by atoms with E-state index >= 15 is 0 Å². The maximum absolute atomic E-state index is 10.3. The molecule has 1 aromatic heterocycles. The molecule has 0 spiro atoms. The van der Waals surface area contributed by atoms with Crippen molar-refractivity contribution in [3.8, 4) is 0 Å². The van der Waals surface area contributed by atoms with Crippen LogP contribution < -0.4 is 5.32 Å². The summed E-state index contributed by atoms with van der Waals surface area (Å²) >= 11 is 0. The topological polar surface area (TPSA) is 50.1 Å². The highest BCUT2D eigenvalue weighted by molar-refractivity contribution is 5.77. The number of fused-ring (bicyclic) bond motifs is 1. The van der Waals surface area contributed by atoms with Gasteiger partial charge in [0, 0.05) is 12.5 Å². The van der Waals surface area contributed by atoms with Crippen LogP contribution in [0.5, 0.6) is 0 Å². The normalized spacial score (nSPS) is 23.6. The third-order valence-electron chi connectivity index (χ3n) is 4.13. The molecule has 4 nitrogen and oxygen atoms in total. The molecule has 1 saturated heterocycles. The fourth-order valence-electron chi connectivity index (χ4n) is 3.11. The molecule has 0 radical (unpaired) electrons. The van der Waals surface area contributed by atoms with E-state index in [0.29, 0.717) is 12.5 Å². The van der Waals surface area contributed by atoms with E-state index in [-0.39, 0.29) is 12.1 Å². The summed E-state index contributed by atoms with van der Waals surface area (Å²) < 4.78 is 2.27. The second-order valence-electron chi connectivity index (χ2n) is 6.11. The van der Waals surface area contributed by atoms with Crippen LogP contribution in [0.4, 0.5) is 0 Å². The van der Waals surface area contributed by atoms with E-state index < -0.39 is 0 Å². The number of aliphatic hydroxyl groups is 1. The SMILES string of the molecule is Cc1ccc2c(c1)nc(C(C)C)n2C1CCNC[C@@H]1O. The number of nitrogens with one attached hydrogen (secondary N) is 1. The van der Waals surface area contributed by atoms with Gasteiger partial charge in [-0.15, -0.1) is 0 Å². The number of hydrogen-bond acceptors (Lipinski definition) is 3. The van der Waals surface area contributed by atoms with E-state index in [2.05, 4.69) is 48.9 Å². The van der Waals surface area contributed by atoms with Gasteiger partial charge in [-0.25, -0.2) is 4.98 Å². The number of β-amino-alcohol motifs (C(OH)–C–C–N with tert-alkyl or cyclic N) is 1. The molecule has 2 aromatic rings. The van der Waals surface area contributed by atoms with E-state index in [9.17, 15) is 5.11 Å². The van der Waals surface area contributed by atoms with Crippen molar-refractivity contribution in [3.63, 3.8) is 0 Å². The van der Waals surface area contributed by atoms with E-state index in [4.69, 9.17) is 4.98 Å². The Morgan fingerprint density at radius 2 is 2.20 bits per heavy atom. The number of piperidine rings is 1. The molecule has 0 bridgehead atoms. The van der Waals surface area contributed by atoms with Gasteiger partial charge >= 0.3 is 0 Å². The highest BCUT2D eigenvalue weighted by Crippen LogP contribution is 2.30. The van der Waals surface area contributed by atoms with Gasteiger partial charge in [0.1, 0.15) is 5.82 Å². The molecule has 1 aliphatic heterocycles. The van der Waals surface area contributed by atoms with Crippen molar-refractivity contribution in [2.75, 3.05) is 13.1 Å². The summed E-state index contributed by atoms with van der Waals surface area (Å²) in [4.78, 5) is 4.81. The van der Waals surface area contributed by atoms with Crippen LogP contribution in [0.25, 0.3) is 11.0 Å². The number of imidazole rings is 1. The molecular weight excluding hydrogens is 250 g/mol. The van der Waals surface area contributed by atoms with E-state index in [1.54, 1.807) is 0 Å². The van der Waals surface area contributed by atoms with E-state index in [0.717, 1.165) is 29.8 Å². The molecule has 1 unspecified atom stereocenters. The summed E-state index contributed by atoms with van der Waals surface area (Å²) in [6.45, 7) is 8.03. The Morgan fingerprint density at radius 3 is 2.90 bits per heavy atom. The van der Waals surface area contributed by atoms with Gasteiger partial charge in [-0.1, -0.05) is 19.9 Å². The summed E-state index contributed by atoms with van der Waals surface area (Å²) in [5.41, 5.74) is 3.41. The van der Waals surface area contributed by atoms with Gasteiger partial charge in [0.2, 0.25) is 0 Å². The van der Waals surface area contributed by atoms with E-state index in [1.807, 2.05) is 0 Å². The van der Waals surface area contributed by atoms with Gasteiger partial charge in [-0.2, -0.15) is 0 Å². The Labute approximate surface area is 119 Å².